The molecule has 2 aromatic carbocycles. The Hall–Kier alpha value is -3.38. The van der Waals surface area contributed by atoms with Crippen molar-refractivity contribution in [2.45, 2.75) is 37.8 Å². The molecule has 1 fully saturated rings. The molecular weight excluding hydrogens is 460 g/mol. The smallest absolute Gasteiger partial charge is 0.253 e. The first-order valence-corrected chi connectivity index (χ1v) is 12.5. The molecule has 180 valence electrons. The summed E-state index contributed by atoms with van der Waals surface area (Å²) in [6, 6.07) is 17.0. The Morgan fingerprint density at radius 2 is 1.89 bits per heavy atom. The van der Waals surface area contributed by atoms with E-state index in [1.807, 2.05) is 42.3 Å². The molecule has 2 atom stereocenters. The zero-order valence-corrected chi connectivity index (χ0v) is 20.5. The number of benzene rings is 2. The van der Waals surface area contributed by atoms with E-state index in [0.717, 1.165) is 50.0 Å². The van der Waals surface area contributed by atoms with Gasteiger partial charge in [-0.3, -0.25) is 14.6 Å². The lowest BCUT2D eigenvalue weighted by Gasteiger charge is -2.38. The third-order valence-electron chi connectivity index (χ3n) is 7.19. The molecule has 1 aliphatic heterocycles. The predicted molar refractivity (Wildman–Crippen MR) is 138 cm³/mol. The highest BCUT2D eigenvalue weighted by atomic mass is 35.5. The number of nitrogens with one attached hydrogen (secondary N) is 1. The van der Waals surface area contributed by atoms with E-state index >= 15 is 0 Å². The molecule has 2 amide bonds. The molecule has 1 aliphatic carbocycles. The minimum atomic E-state index is -0.194. The van der Waals surface area contributed by atoms with Crippen LogP contribution < -0.4 is 10.2 Å². The van der Waals surface area contributed by atoms with Gasteiger partial charge in [0.1, 0.15) is 0 Å². The van der Waals surface area contributed by atoms with E-state index in [4.69, 9.17) is 11.6 Å². The molecule has 2 heterocycles. The minimum absolute atomic E-state index is 0.0115. The number of carbonyl (C=O) groups is 2. The summed E-state index contributed by atoms with van der Waals surface area (Å²) in [5.74, 6) is -0.182. The maximum atomic E-state index is 13.5. The maximum Gasteiger partial charge on any atom is 0.253 e. The van der Waals surface area contributed by atoms with Crippen molar-refractivity contribution < 1.29 is 9.59 Å². The van der Waals surface area contributed by atoms with Crippen LogP contribution in [-0.4, -0.2) is 47.9 Å². The van der Waals surface area contributed by atoms with Crippen LogP contribution in [0.2, 0.25) is 5.02 Å². The van der Waals surface area contributed by atoms with Crippen LogP contribution in [0.1, 0.15) is 57.1 Å². The quantitative estimate of drug-likeness (QED) is 0.555. The van der Waals surface area contributed by atoms with E-state index in [9.17, 15) is 9.59 Å². The largest absolute Gasteiger partial charge is 0.369 e. The summed E-state index contributed by atoms with van der Waals surface area (Å²) in [6.07, 6.45) is 7.30. The zero-order valence-electron chi connectivity index (χ0n) is 19.8. The average Bonchev–Trinajstić information content (AvgIpc) is 3.30. The van der Waals surface area contributed by atoms with Crippen LogP contribution >= 0.6 is 11.6 Å². The highest BCUT2D eigenvalue weighted by Gasteiger charge is 2.29. The second kappa shape index (κ2) is 10.1. The first-order chi connectivity index (χ1) is 17.0. The summed E-state index contributed by atoms with van der Waals surface area (Å²) in [6.45, 7) is 1.78. The number of piperidine rings is 1. The Balaban J connectivity index is 1.30. The fraction of sp³-hybridized carbons (Fsp3) is 0.321. The third kappa shape index (κ3) is 4.89. The van der Waals surface area contributed by atoms with E-state index in [1.165, 1.54) is 5.56 Å². The number of likely N-dealkylation sites (N-methyl/N-ethyl adjacent to an activating group) is 1. The molecule has 2 aliphatic rings. The van der Waals surface area contributed by atoms with Crippen molar-refractivity contribution in [3.63, 3.8) is 0 Å². The van der Waals surface area contributed by atoms with Crippen molar-refractivity contribution in [1.29, 1.82) is 0 Å². The van der Waals surface area contributed by atoms with Gasteiger partial charge in [-0.15, -0.1) is 0 Å². The van der Waals surface area contributed by atoms with Gasteiger partial charge in [-0.1, -0.05) is 29.8 Å². The lowest BCUT2D eigenvalue weighted by atomic mass is 10.0. The number of hydrogen-bond donors (Lipinski definition) is 1. The van der Waals surface area contributed by atoms with Crippen molar-refractivity contribution in [3.8, 4) is 0 Å². The van der Waals surface area contributed by atoms with Crippen LogP contribution in [0.25, 0.3) is 0 Å². The van der Waals surface area contributed by atoms with Crippen molar-refractivity contribution in [3.05, 3.63) is 94.3 Å². The summed E-state index contributed by atoms with van der Waals surface area (Å²) >= 11 is 6.21. The van der Waals surface area contributed by atoms with Gasteiger partial charge < -0.3 is 15.1 Å². The monoisotopic (exact) mass is 488 g/mol. The predicted octanol–water partition coefficient (Wildman–Crippen LogP) is 4.89. The third-order valence-corrected chi connectivity index (χ3v) is 7.52. The molecule has 0 saturated carbocycles. The number of rotatable bonds is 5. The summed E-state index contributed by atoms with van der Waals surface area (Å²) < 4.78 is 0. The number of aryl methyl sites for hydroxylation is 1. The SMILES string of the molecule is CN(C(=O)c1ccc2c(c1)[C@H](NC(=O)c1ccccc1Cl)CC2)C1CCCN(c2ccncc2)C1. The van der Waals surface area contributed by atoms with E-state index in [2.05, 4.69) is 15.2 Å². The van der Waals surface area contributed by atoms with E-state index in [1.54, 1.807) is 36.7 Å². The number of nitrogens with zero attached hydrogens (tertiary/aromatic N) is 3. The summed E-state index contributed by atoms with van der Waals surface area (Å²) in [4.78, 5) is 34.6. The molecule has 0 radical (unpaired) electrons. The van der Waals surface area contributed by atoms with Gasteiger partial charge in [0.25, 0.3) is 11.8 Å². The molecule has 7 heteroatoms. The van der Waals surface area contributed by atoms with Gasteiger partial charge in [0.15, 0.2) is 0 Å². The number of pyridine rings is 1. The van der Waals surface area contributed by atoms with Gasteiger partial charge in [-0.25, -0.2) is 0 Å². The van der Waals surface area contributed by atoms with Crippen molar-refractivity contribution in [1.82, 2.24) is 15.2 Å². The number of carbonyl (C=O) groups excluding carboxylic acids is 2. The molecule has 0 bridgehead atoms. The lowest BCUT2D eigenvalue weighted by molar-refractivity contribution is 0.0717. The molecular formula is C28H29ClN4O2. The molecule has 1 aromatic heterocycles. The molecule has 0 spiro atoms. The van der Waals surface area contributed by atoms with Gasteiger partial charge in [0.05, 0.1) is 16.6 Å². The van der Waals surface area contributed by atoms with Crippen LogP contribution in [0.5, 0.6) is 0 Å². The van der Waals surface area contributed by atoms with Gasteiger partial charge in [0, 0.05) is 49.8 Å². The van der Waals surface area contributed by atoms with Crippen LogP contribution in [0.15, 0.2) is 67.0 Å². The van der Waals surface area contributed by atoms with E-state index in [0.29, 0.717) is 16.1 Å². The molecule has 1 unspecified atom stereocenters. The van der Waals surface area contributed by atoms with Crippen molar-refractivity contribution in [2.75, 3.05) is 25.0 Å². The summed E-state index contributed by atoms with van der Waals surface area (Å²) in [5.41, 5.74) is 4.46. The number of fused-ring (bicyclic) bond motifs is 1. The molecule has 1 saturated heterocycles. The number of amides is 2. The highest BCUT2D eigenvalue weighted by molar-refractivity contribution is 6.33. The molecule has 5 rings (SSSR count). The Bertz CT molecular complexity index is 1230. The first-order valence-electron chi connectivity index (χ1n) is 12.1. The lowest BCUT2D eigenvalue weighted by Crippen LogP contribution is -2.48. The maximum absolute atomic E-state index is 13.5. The average molecular weight is 489 g/mol. The van der Waals surface area contributed by atoms with E-state index < -0.39 is 0 Å². The number of halogens is 1. The summed E-state index contributed by atoms with van der Waals surface area (Å²) in [7, 11) is 1.90. The zero-order chi connectivity index (χ0) is 24.4. The highest BCUT2D eigenvalue weighted by Crippen LogP contribution is 2.33. The summed E-state index contributed by atoms with van der Waals surface area (Å²) in [5, 5.41) is 3.55. The van der Waals surface area contributed by atoms with Crippen LogP contribution in [0.3, 0.4) is 0 Å². The van der Waals surface area contributed by atoms with Crippen molar-refractivity contribution in [2.24, 2.45) is 0 Å². The fourth-order valence-electron chi connectivity index (χ4n) is 5.20. The number of hydrogen-bond acceptors (Lipinski definition) is 4. The van der Waals surface area contributed by atoms with Gasteiger partial charge >= 0.3 is 0 Å². The second-order valence-corrected chi connectivity index (χ2v) is 9.73. The minimum Gasteiger partial charge on any atom is -0.369 e. The Kier molecular flexibility index (Phi) is 6.73. The van der Waals surface area contributed by atoms with Crippen LogP contribution in [0, 0.1) is 0 Å². The van der Waals surface area contributed by atoms with Gasteiger partial charge in [-0.2, -0.15) is 0 Å². The topological polar surface area (TPSA) is 65.5 Å². The molecule has 35 heavy (non-hydrogen) atoms. The molecule has 3 aromatic rings. The first kappa shape index (κ1) is 23.4. The van der Waals surface area contributed by atoms with Crippen molar-refractivity contribution >= 4 is 29.1 Å². The molecule has 1 N–H and O–H groups in total. The van der Waals surface area contributed by atoms with Crippen LogP contribution in [-0.2, 0) is 6.42 Å². The fourth-order valence-corrected chi connectivity index (χ4v) is 5.42. The molecule has 6 nitrogen and oxygen atoms in total. The Morgan fingerprint density at radius 3 is 2.69 bits per heavy atom. The Labute approximate surface area is 210 Å². The van der Waals surface area contributed by atoms with Gasteiger partial charge in [0.2, 0.25) is 0 Å². The number of anilines is 1. The second-order valence-electron chi connectivity index (χ2n) is 9.32. The Morgan fingerprint density at radius 1 is 1.09 bits per heavy atom. The van der Waals surface area contributed by atoms with Gasteiger partial charge in [-0.05, 0) is 73.2 Å². The van der Waals surface area contributed by atoms with Crippen LogP contribution in [0.4, 0.5) is 5.69 Å². The number of aromatic nitrogens is 1. The van der Waals surface area contributed by atoms with E-state index in [-0.39, 0.29) is 23.9 Å². The normalized spacial score (nSPS) is 19.2. The standard InChI is InChI=1S/C28H29ClN4O2/c1-32(22-5-4-16-33(18-22)21-12-14-30-15-13-21)28(35)20-9-8-19-10-11-26(24(19)17-20)31-27(34)23-6-2-3-7-25(23)29/h2-3,6-9,12-15,17,22,26H,4-5,10-11,16,18H2,1H3,(H,31,34)/t22?,26-/m1/s1.